The number of hydrogen-bond donors (Lipinski definition) is 2. The van der Waals surface area contributed by atoms with E-state index in [2.05, 4.69) is 13.8 Å². The van der Waals surface area contributed by atoms with Gasteiger partial charge in [0.05, 0.1) is 0 Å². The van der Waals surface area contributed by atoms with E-state index in [9.17, 15) is 4.79 Å². The fourth-order valence-electron chi connectivity index (χ4n) is 1.13. The van der Waals surface area contributed by atoms with Crippen LogP contribution in [0.25, 0.3) is 0 Å². The van der Waals surface area contributed by atoms with Gasteiger partial charge in [0.1, 0.15) is 6.29 Å². The van der Waals surface area contributed by atoms with Crippen molar-refractivity contribution in [3.63, 3.8) is 0 Å². The number of unbranched alkanes of at least 4 members (excludes halogenated alkanes) is 2. The number of carbonyl (C=O) groups excluding carboxylic acids is 1. The molecule has 0 bridgehead atoms. The Kier molecular flexibility index (Phi) is 16.3. The van der Waals surface area contributed by atoms with Crippen molar-refractivity contribution in [3.8, 4) is 0 Å². The Morgan fingerprint density at radius 3 is 2.12 bits per heavy atom. The molecule has 98 valence electrons. The lowest BCUT2D eigenvalue weighted by Gasteiger charge is -2.12. The second-order valence-corrected chi connectivity index (χ2v) is 3.78. The van der Waals surface area contributed by atoms with Crippen LogP contribution in [0.15, 0.2) is 0 Å². The summed E-state index contributed by atoms with van der Waals surface area (Å²) in [5.41, 5.74) is 0. The molecule has 0 aromatic rings. The van der Waals surface area contributed by atoms with Crippen LogP contribution in [-0.4, -0.2) is 36.1 Å². The van der Waals surface area contributed by atoms with Gasteiger partial charge in [-0.2, -0.15) is 0 Å². The number of hydrogen-bond acceptors (Lipinski definition) is 4. The molecule has 1 fully saturated rings. The third-order valence-corrected chi connectivity index (χ3v) is 2.17. The Balaban J connectivity index is 0. The predicted octanol–water partition coefficient (Wildman–Crippen LogP) is 1.72. The third-order valence-electron chi connectivity index (χ3n) is 2.17. The summed E-state index contributed by atoms with van der Waals surface area (Å²) in [6.45, 7) is 5.29. The monoisotopic (exact) mass is 232 g/mol. The summed E-state index contributed by atoms with van der Waals surface area (Å²) in [7, 11) is 1.00. The van der Waals surface area contributed by atoms with E-state index in [-0.39, 0.29) is 0 Å². The molecule has 0 unspecified atom stereocenters. The zero-order chi connectivity index (χ0) is 12.8. The van der Waals surface area contributed by atoms with Crippen LogP contribution in [0, 0.1) is 0 Å². The van der Waals surface area contributed by atoms with Gasteiger partial charge in [0, 0.05) is 26.1 Å². The minimum atomic E-state index is 0.731. The first-order valence-corrected chi connectivity index (χ1v) is 6.15. The molecule has 0 amide bonds. The molecule has 0 aliphatic heterocycles. The van der Waals surface area contributed by atoms with Crippen LogP contribution in [0.2, 0.25) is 0 Å². The van der Waals surface area contributed by atoms with Crippen LogP contribution in [0.3, 0.4) is 0 Å². The molecule has 0 atom stereocenters. The molecule has 0 spiro atoms. The first-order valence-electron chi connectivity index (χ1n) is 6.15. The van der Waals surface area contributed by atoms with Crippen molar-refractivity contribution < 1.29 is 9.90 Å². The molecule has 0 aromatic carbocycles. The molecule has 1 rings (SSSR count). The smallest absolute Gasteiger partial charge is 0.119 e. The van der Waals surface area contributed by atoms with Crippen molar-refractivity contribution in [2.75, 3.05) is 13.7 Å². The van der Waals surface area contributed by atoms with Crippen molar-refractivity contribution in [2.45, 2.75) is 58.4 Å². The fourth-order valence-corrected chi connectivity index (χ4v) is 1.13. The number of rotatable bonds is 6. The van der Waals surface area contributed by atoms with E-state index in [1.807, 2.05) is 5.01 Å². The van der Waals surface area contributed by atoms with Gasteiger partial charge in [-0.3, -0.25) is 5.84 Å². The van der Waals surface area contributed by atoms with E-state index >= 15 is 0 Å². The van der Waals surface area contributed by atoms with Crippen molar-refractivity contribution in [2.24, 2.45) is 5.84 Å². The number of nitrogens with zero attached hydrogens (tertiary/aromatic N) is 1. The van der Waals surface area contributed by atoms with Crippen LogP contribution < -0.4 is 5.84 Å². The first kappa shape index (κ1) is 17.9. The van der Waals surface area contributed by atoms with Gasteiger partial charge >= 0.3 is 0 Å². The normalized spacial score (nSPS) is 13.4. The lowest BCUT2D eigenvalue weighted by Crippen LogP contribution is -2.33. The number of hydrazine groups is 1. The zero-order valence-corrected chi connectivity index (χ0v) is 11.0. The van der Waals surface area contributed by atoms with Gasteiger partial charge in [-0.1, -0.05) is 20.3 Å². The Hall–Kier alpha value is -0.450. The molecule has 0 saturated heterocycles. The molecule has 16 heavy (non-hydrogen) atoms. The van der Waals surface area contributed by atoms with Gasteiger partial charge < -0.3 is 9.90 Å². The quantitative estimate of drug-likeness (QED) is 0.317. The number of aliphatic hydroxyl groups is 1. The van der Waals surface area contributed by atoms with Gasteiger partial charge in [0.2, 0.25) is 0 Å². The highest BCUT2D eigenvalue weighted by Gasteiger charge is 2.25. The number of nitrogens with two attached hydrogens (primary N) is 1. The predicted molar refractivity (Wildman–Crippen MR) is 67.9 cm³/mol. The zero-order valence-electron chi connectivity index (χ0n) is 11.0. The first-order chi connectivity index (χ1) is 7.76. The second-order valence-electron chi connectivity index (χ2n) is 3.78. The molecule has 0 heterocycles. The topological polar surface area (TPSA) is 66.6 Å². The van der Waals surface area contributed by atoms with E-state index in [1.54, 1.807) is 0 Å². The molecule has 4 heteroatoms. The summed E-state index contributed by atoms with van der Waals surface area (Å²) in [6.07, 6.45) is 7.67. The number of aliphatic hydroxyl groups excluding tert-OH is 1. The lowest BCUT2D eigenvalue weighted by atomic mass is 10.3. The molecular formula is C12H28N2O2. The van der Waals surface area contributed by atoms with Gasteiger partial charge in [0.15, 0.2) is 0 Å². The number of carbonyl (C=O) groups is 1. The maximum absolute atomic E-state index is 9.56. The Bertz CT molecular complexity index is 139. The summed E-state index contributed by atoms with van der Waals surface area (Å²) in [6, 6.07) is 0.731. The minimum absolute atomic E-state index is 0.731. The minimum Gasteiger partial charge on any atom is -0.400 e. The van der Waals surface area contributed by atoms with Gasteiger partial charge in [-0.25, -0.2) is 5.01 Å². The van der Waals surface area contributed by atoms with E-state index < -0.39 is 0 Å². The molecule has 3 N–H and O–H groups in total. The fraction of sp³-hybridized carbons (Fsp3) is 0.917. The Morgan fingerprint density at radius 2 is 1.88 bits per heavy atom. The SMILES string of the molecule is CCCCC=O.CCCN(N)C1CC1.CO. The standard InChI is InChI=1S/C6H14N2.C5H10O.CH4O/c1-2-5-8(7)6-3-4-6;1-2-3-4-5-6;1-2/h6H,2-5,7H2,1H3;5H,2-4H2,1H3;2H,1H3. The largest absolute Gasteiger partial charge is 0.400 e. The van der Waals surface area contributed by atoms with E-state index in [4.69, 9.17) is 10.9 Å². The van der Waals surface area contributed by atoms with Crippen molar-refractivity contribution in [3.05, 3.63) is 0 Å². The molecule has 1 saturated carbocycles. The molecule has 1 aliphatic carbocycles. The van der Waals surface area contributed by atoms with Crippen LogP contribution in [0.4, 0.5) is 0 Å². The van der Waals surface area contributed by atoms with Crippen LogP contribution in [0.1, 0.15) is 52.4 Å². The maximum Gasteiger partial charge on any atom is 0.119 e. The third kappa shape index (κ3) is 13.5. The van der Waals surface area contributed by atoms with Crippen molar-refractivity contribution >= 4 is 6.29 Å². The molecule has 4 nitrogen and oxygen atoms in total. The summed E-state index contributed by atoms with van der Waals surface area (Å²) < 4.78 is 0. The molecule has 1 aliphatic rings. The van der Waals surface area contributed by atoms with Gasteiger partial charge in [0.25, 0.3) is 0 Å². The highest BCUT2D eigenvalue weighted by Crippen LogP contribution is 2.23. The number of aldehydes is 1. The average molecular weight is 232 g/mol. The summed E-state index contributed by atoms with van der Waals surface area (Å²) in [5, 5.41) is 8.96. The molecule has 0 aromatic heterocycles. The Morgan fingerprint density at radius 1 is 1.31 bits per heavy atom. The van der Waals surface area contributed by atoms with Gasteiger partial charge in [-0.05, 0) is 25.7 Å². The highest BCUT2D eigenvalue weighted by atomic mass is 16.2. The summed E-state index contributed by atoms with van der Waals surface area (Å²) in [5.74, 6) is 5.62. The van der Waals surface area contributed by atoms with Crippen molar-refractivity contribution in [1.29, 1.82) is 0 Å². The summed E-state index contributed by atoms with van der Waals surface area (Å²) in [4.78, 5) is 9.56. The van der Waals surface area contributed by atoms with Crippen molar-refractivity contribution in [1.82, 2.24) is 5.01 Å². The molecular weight excluding hydrogens is 204 g/mol. The van der Waals surface area contributed by atoms with Crippen LogP contribution >= 0.6 is 0 Å². The van der Waals surface area contributed by atoms with E-state index in [1.165, 1.54) is 19.3 Å². The maximum atomic E-state index is 9.56. The Labute approximate surface area is 99.8 Å². The lowest BCUT2D eigenvalue weighted by molar-refractivity contribution is -0.107. The van der Waals surface area contributed by atoms with Crippen LogP contribution in [0.5, 0.6) is 0 Å². The average Bonchev–Trinajstić information content (AvgIpc) is 3.14. The highest BCUT2D eigenvalue weighted by molar-refractivity contribution is 5.48. The van der Waals surface area contributed by atoms with E-state index in [0.29, 0.717) is 0 Å². The van der Waals surface area contributed by atoms with Crippen LogP contribution in [-0.2, 0) is 4.79 Å². The van der Waals surface area contributed by atoms with Gasteiger partial charge in [-0.15, -0.1) is 0 Å². The second kappa shape index (κ2) is 14.6. The van der Waals surface area contributed by atoms with E-state index in [0.717, 1.165) is 45.2 Å². The molecule has 0 radical (unpaired) electrons. The summed E-state index contributed by atoms with van der Waals surface area (Å²) >= 11 is 0.